The third-order valence-electron chi connectivity index (χ3n) is 4.33. The number of H-pyrrole nitrogens is 1. The zero-order valence-electron chi connectivity index (χ0n) is 13.4. The molecule has 3 rings (SSSR count). The number of carbonyl (C=O) groups is 1. The average molecular weight is 300 g/mol. The number of rotatable bonds is 5. The molecule has 22 heavy (non-hydrogen) atoms. The first-order valence-corrected chi connectivity index (χ1v) is 7.85. The number of nitrogens with zero attached hydrogens (tertiary/aromatic N) is 2. The van der Waals surface area contributed by atoms with Crippen molar-refractivity contribution in [2.45, 2.75) is 25.9 Å². The number of nitrogens with two attached hydrogens (primary N) is 1. The number of aromatic amines is 1. The maximum Gasteiger partial charge on any atom is 0.248 e. The molecule has 3 N–H and O–H groups in total. The van der Waals surface area contributed by atoms with Crippen LogP contribution in [0.4, 0.5) is 0 Å². The second-order valence-corrected chi connectivity index (χ2v) is 6.43. The van der Waals surface area contributed by atoms with Gasteiger partial charge in [-0.2, -0.15) is 0 Å². The van der Waals surface area contributed by atoms with E-state index in [1.54, 1.807) is 6.07 Å². The summed E-state index contributed by atoms with van der Waals surface area (Å²) in [6.45, 7) is 4.11. The Morgan fingerprint density at radius 1 is 1.32 bits per heavy atom. The quantitative estimate of drug-likeness (QED) is 0.886. The van der Waals surface area contributed by atoms with Crippen LogP contribution in [-0.4, -0.2) is 47.9 Å². The predicted molar refractivity (Wildman–Crippen MR) is 88.7 cm³/mol. The van der Waals surface area contributed by atoms with Crippen molar-refractivity contribution in [1.29, 1.82) is 0 Å². The molecule has 2 aromatic rings. The summed E-state index contributed by atoms with van der Waals surface area (Å²) in [5, 5.41) is 1.13. The van der Waals surface area contributed by atoms with Gasteiger partial charge in [0, 0.05) is 35.2 Å². The minimum atomic E-state index is -0.371. The van der Waals surface area contributed by atoms with Crippen LogP contribution < -0.4 is 5.73 Å². The standard InChI is InChI=1S/C17H24N4O/c1-20(2)11-16-14(10-21-7-3-4-8-21)13-9-12(17(18)22)5-6-15(13)19-16/h5-6,9,19H,3-4,7-8,10-11H2,1-2H3,(H2,18,22). The van der Waals surface area contributed by atoms with E-state index in [9.17, 15) is 4.79 Å². The van der Waals surface area contributed by atoms with E-state index in [1.807, 2.05) is 12.1 Å². The smallest absolute Gasteiger partial charge is 0.248 e. The van der Waals surface area contributed by atoms with Gasteiger partial charge in [0.1, 0.15) is 0 Å². The van der Waals surface area contributed by atoms with Gasteiger partial charge >= 0.3 is 0 Å². The number of primary amides is 1. The van der Waals surface area contributed by atoms with Crippen molar-refractivity contribution in [2.75, 3.05) is 27.2 Å². The van der Waals surface area contributed by atoms with Crippen LogP contribution in [-0.2, 0) is 13.1 Å². The van der Waals surface area contributed by atoms with Crippen LogP contribution in [0.25, 0.3) is 10.9 Å². The minimum absolute atomic E-state index is 0.371. The van der Waals surface area contributed by atoms with Gasteiger partial charge < -0.3 is 15.6 Å². The van der Waals surface area contributed by atoms with E-state index in [1.165, 1.54) is 24.1 Å². The molecule has 0 unspecified atom stereocenters. The van der Waals surface area contributed by atoms with Crippen molar-refractivity contribution < 1.29 is 4.79 Å². The molecular formula is C17H24N4O. The van der Waals surface area contributed by atoms with E-state index in [0.717, 1.165) is 37.1 Å². The van der Waals surface area contributed by atoms with Gasteiger partial charge in [-0.15, -0.1) is 0 Å². The van der Waals surface area contributed by atoms with Crippen LogP contribution in [0, 0.1) is 0 Å². The molecule has 0 atom stereocenters. The number of aromatic nitrogens is 1. The van der Waals surface area contributed by atoms with Gasteiger partial charge in [0.25, 0.3) is 0 Å². The van der Waals surface area contributed by atoms with Crippen molar-refractivity contribution in [3.8, 4) is 0 Å². The highest BCUT2D eigenvalue weighted by Crippen LogP contribution is 2.27. The Kier molecular flexibility index (Phi) is 4.18. The third-order valence-corrected chi connectivity index (χ3v) is 4.33. The highest BCUT2D eigenvalue weighted by Gasteiger charge is 2.18. The number of likely N-dealkylation sites (tertiary alicyclic amines) is 1. The van der Waals surface area contributed by atoms with Crippen LogP contribution in [0.3, 0.4) is 0 Å². The fourth-order valence-electron chi connectivity index (χ4n) is 3.25. The molecule has 0 spiro atoms. The molecule has 1 aliphatic rings. The Balaban J connectivity index is 2.04. The molecule has 0 radical (unpaired) electrons. The second kappa shape index (κ2) is 6.10. The van der Waals surface area contributed by atoms with Crippen LogP contribution in [0.5, 0.6) is 0 Å². The number of hydrogen-bond donors (Lipinski definition) is 2. The molecule has 0 aliphatic carbocycles. The lowest BCUT2D eigenvalue weighted by Gasteiger charge is -2.17. The molecule has 5 nitrogen and oxygen atoms in total. The fraction of sp³-hybridized carbons (Fsp3) is 0.471. The van der Waals surface area contributed by atoms with Crippen molar-refractivity contribution in [3.63, 3.8) is 0 Å². The van der Waals surface area contributed by atoms with E-state index in [-0.39, 0.29) is 5.91 Å². The predicted octanol–water partition coefficient (Wildman–Crippen LogP) is 1.92. The van der Waals surface area contributed by atoms with Crippen LogP contribution in [0.2, 0.25) is 0 Å². The van der Waals surface area contributed by atoms with Gasteiger partial charge in [0.05, 0.1) is 0 Å². The number of carbonyl (C=O) groups excluding carboxylic acids is 1. The minimum Gasteiger partial charge on any atom is -0.366 e. The summed E-state index contributed by atoms with van der Waals surface area (Å²) in [5.41, 5.74) is 9.62. The van der Waals surface area contributed by atoms with Gasteiger partial charge in [-0.3, -0.25) is 9.69 Å². The van der Waals surface area contributed by atoms with Crippen molar-refractivity contribution in [1.82, 2.24) is 14.8 Å². The summed E-state index contributed by atoms with van der Waals surface area (Å²) in [5.74, 6) is -0.371. The SMILES string of the molecule is CN(C)Cc1[nH]c2ccc(C(N)=O)cc2c1CN1CCCC1. The first-order chi connectivity index (χ1) is 10.5. The van der Waals surface area contributed by atoms with Gasteiger partial charge in [-0.25, -0.2) is 0 Å². The lowest BCUT2D eigenvalue weighted by molar-refractivity contribution is 0.100. The van der Waals surface area contributed by atoms with E-state index in [2.05, 4.69) is 28.9 Å². The maximum atomic E-state index is 11.5. The molecule has 5 heteroatoms. The number of amides is 1. The number of nitrogens with one attached hydrogen (secondary N) is 1. The van der Waals surface area contributed by atoms with Gasteiger partial charge in [-0.05, 0) is 63.8 Å². The van der Waals surface area contributed by atoms with Crippen LogP contribution in [0.1, 0.15) is 34.5 Å². The average Bonchev–Trinajstić information content (AvgIpc) is 3.07. The summed E-state index contributed by atoms with van der Waals surface area (Å²) in [4.78, 5) is 19.6. The molecule has 1 fully saturated rings. The molecule has 1 aromatic carbocycles. The van der Waals surface area contributed by atoms with Crippen molar-refractivity contribution in [3.05, 3.63) is 35.0 Å². The van der Waals surface area contributed by atoms with E-state index < -0.39 is 0 Å². The normalized spacial score (nSPS) is 16.0. The first kappa shape index (κ1) is 15.1. The zero-order chi connectivity index (χ0) is 15.7. The monoisotopic (exact) mass is 300 g/mol. The Bertz CT molecular complexity index is 683. The van der Waals surface area contributed by atoms with E-state index >= 15 is 0 Å². The fourth-order valence-corrected chi connectivity index (χ4v) is 3.25. The lowest BCUT2D eigenvalue weighted by Crippen LogP contribution is -2.20. The van der Waals surface area contributed by atoms with Crippen LogP contribution in [0.15, 0.2) is 18.2 Å². The largest absolute Gasteiger partial charge is 0.366 e. The summed E-state index contributed by atoms with van der Waals surface area (Å²) < 4.78 is 0. The second-order valence-electron chi connectivity index (χ2n) is 6.43. The molecule has 0 saturated carbocycles. The molecule has 1 amide bonds. The number of hydrogen-bond acceptors (Lipinski definition) is 3. The Morgan fingerprint density at radius 3 is 2.68 bits per heavy atom. The molecule has 0 bridgehead atoms. The molecule has 2 heterocycles. The first-order valence-electron chi connectivity index (χ1n) is 7.85. The molecule has 1 aromatic heterocycles. The number of benzene rings is 1. The van der Waals surface area contributed by atoms with Gasteiger partial charge in [0.15, 0.2) is 0 Å². The van der Waals surface area contributed by atoms with E-state index in [4.69, 9.17) is 5.73 Å². The highest BCUT2D eigenvalue weighted by atomic mass is 16.1. The summed E-state index contributed by atoms with van der Waals surface area (Å²) >= 11 is 0. The van der Waals surface area contributed by atoms with Crippen molar-refractivity contribution >= 4 is 16.8 Å². The van der Waals surface area contributed by atoms with Crippen LogP contribution >= 0.6 is 0 Å². The maximum absolute atomic E-state index is 11.5. The Labute approximate surface area is 131 Å². The zero-order valence-corrected chi connectivity index (χ0v) is 13.4. The number of fused-ring (bicyclic) bond motifs is 1. The Morgan fingerprint density at radius 2 is 2.05 bits per heavy atom. The molecule has 1 aliphatic heterocycles. The van der Waals surface area contributed by atoms with Gasteiger partial charge in [-0.1, -0.05) is 0 Å². The molecular weight excluding hydrogens is 276 g/mol. The molecule has 1 saturated heterocycles. The van der Waals surface area contributed by atoms with Crippen molar-refractivity contribution in [2.24, 2.45) is 5.73 Å². The highest BCUT2D eigenvalue weighted by molar-refractivity contribution is 5.98. The summed E-state index contributed by atoms with van der Waals surface area (Å²) in [6.07, 6.45) is 2.55. The Hall–Kier alpha value is -1.85. The topological polar surface area (TPSA) is 65.4 Å². The summed E-state index contributed by atoms with van der Waals surface area (Å²) in [7, 11) is 4.14. The van der Waals surface area contributed by atoms with Gasteiger partial charge in [0.2, 0.25) is 5.91 Å². The molecule has 118 valence electrons. The summed E-state index contributed by atoms with van der Waals surface area (Å²) in [6, 6.07) is 5.68. The third kappa shape index (κ3) is 3.00. The van der Waals surface area contributed by atoms with E-state index in [0.29, 0.717) is 5.56 Å². The lowest BCUT2D eigenvalue weighted by atomic mass is 10.1.